The Bertz CT molecular complexity index is 1600. The van der Waals surface area contributed by atoms with Crippen LogP contribution in [0.4, 0.5) is 10.6 Å². The molecule has 0 saturated carbocycles. The monoisotopic (exact) mass is 525 g/mol. The molecule has 0 unspecified atom stereocenters. The maximum atomic E-state index is 13.2. The number of anilines is 1. The number of nitrogens with zero attached hydrogens (tertiary/aromatic N) is 3. The number of carbonyl (C=O) groups is 1. The lowest BCUT2D eigenvalue weighted by molar-refractivity contribution is 0.170. The number of carbonyl (C=O) groups excluding carboxylic acids is 1. The van der Waals surface area contributed by atoms with Gasteiger partial charge in [-0.3, -0.25) is 9.40 Å². The molecule has 1 amide bonds. The number of hydrogen-bond donors (Lipinski definition) is 2. The number of methoxy groups -OCH3 is 3. The molecule has 0 aliphatic rings. The lowest BCUT2D eigenvalue weighted by Crippen LogP contribution is -2.21. The highest BCUT2D eigenvalue weighted by Gasteiger charge is 2.25. The number of hydrogen-bond acceptors (Lipinski definition) is 9. The number of rotatable bonds is 9. The Labute approximate surface area is 212 Å². The van der Waals surface area contributed by atoms with Crippen molar-refractivity contribution in [2.75, 3.05) is 26.1 Å². The summed E-state index contributed by atoms with van der Waals surface area (Å²) in [6.45, 7) is 0.609. The maximum Gasteiger partial charge on any atom is 0.407 e. The van der Waals surface area contributed by atoms with Crippen molar-refractivity contribution >= 4 is 32.9 Å². The van der Waals surface area contributed by atoms with Gasteiger partial charge in [-0.1, -0.05) is 11.1 Å². The number of alkyl carbamates (subject to hydrolysis) is 1. The van der Waals surface area contributed by atoms with Gasteiger partial charge in [-0.2, -0.15) is 5.10 Å². The summed E-state index contributed by atoms with van der Waals surface area (Å²) in [6, 6.07) is 7.81. The van der Waals surface area contributed by atoms with Crippen molar-refractivity contribution in [2.45, 2.75) is 18.0 Å². The van der Waals surface area contributed by atoms with Gasteiger partial charge in [0.05, 0.1) is 34.1 Å². The minimum atomic E-state index is -4.15. The van der Waals surface area contributed by atoms with Crippen molar-refractivity contribution in [1.29, 1.82) is 0 Å². The van der Waals surface area contributed by atoms with Crippen molar-refractivity contribution in [3.05, 3.63) is 59.4 Å². The Morgan fingerprint density at radius 1 is 1.14 bits per heavy atom. The lowest BCUT2D eigenvalue weighted by Gasteiger charge is -2.11. The van der Waals surface area contributed by atoms with E-state index in [9.17, 15) is 13.2 Å². The standard InChI is InChI=1S/C24H23N5O7S/c1-5-15-6-7-18(33-2)21(10-15)37(31,32)28-23-22-19(34-3)8-16(9-20(22)36-27-23)13-29-14-17(12-26-29)11-25-24(30)35-4/h1,6-10,12,14H,11,13H2,2-4H3,(H,25,30)(H,27,28). The molecule has 0 bridgehead atoms. The fourth-order valence-corrected chi connectivity index (χ4v) is 4.79. The molecule has 0 radical (unpaired) electrons. The van der Waals surface area contributed by atoms with Crippen molar-refractivity contribution < 1.29 is 31.9 Å². The van der Waals surface area contributed by atoms with E-state index in [4.69, 9.17) is 20.4 Å². The molecule has 0 spiro atoms. The average Bonchev–Trinajstić information content (AvgIpc) is 3.52. The first-order valence-corrected chi connectivity index (χ1v) is 12.2. The van der Waals surface area contributed by atoms with Crippen molar-refractivity contribution in [3.63, 3.8) is 0 Å². The first kappa shape index (κ1) is 25.4. The van der Waals surface area contributed by atoms with Gasteiger partial charge in [0.15, 0.2) is 11.4 Å². The van der Waals surface area contributed by atoms with Crippen LogP contribution in [0, 0.1) is 12.3 Å². The van der Waals surface area contributed by atoms with E-state index < -0.39 is 16.1 Å². The fraction of sp³-hybridized carbons (Fsp3) is 0.208. The zero-order valence-corrected chi connectivity index (χ0v) is 21.0. The summed E-state index contributed by atoms with van der Waals surface area (Å²) < 4.78 is 51.2. The van der Waals surface area contributed by atoms with Crippen LogP contribution in [-0.2, 0) is 27.8 Å². The smallest absolute Gasteiger partial charge is 0.407 e. The van der Waals surface area contributed by atoms with Gasteiger partial charge in [0.2, 0.25) is 0 Å². The molecule has 0 aliphatic heterocycles. The lowest BCUT2D eigenvalue weighted by atomic mass is 10.1. The molecule has 0 aliphatic carbocycles. The number of terminal acetylenes is 1. The molecule has 4 rings (SSSR count). The maximum absolute atomic E-state index is 13.2. The van der Waals surface area contributed by atoms with Gasteiger partial charge >= 0.3 is 6.09 Å². The third kappa shape index (κ3) is 5.44. The van der Waals surface area contributed by atoms with E-state index in [-0.39, 0.29) is 23.0 Å². The van der Waals surface area contributed by atoms with Gasteiger partial charge in [0, 0.05) is 23.9 Å². The molecule has 0 atom stereocenters. The van der Waals surface area contributed by atoms with Crippen LogP contribution in [-0.4, -0.2) is 50.8 Å². The Morgan fingerprint density at radius 3 is 2.62 bits per heavy atom. The summed E-state index contributed by atoms with van der Waals surface area (Å²) in [7, 11) is -0.0473. The fourth-order valence-electron chi connectivity index (χ4n) is 3.59. The number of fused-ring (bicyclic) bond motifs is 1. The van der Waals surface area contributed by atoms with E-state index in [1.165, 1.54) is 33.5 Å². The van der Waals surface area contributed by atoms with E-state index >= 15 is 0 Å². The van der Waals surface area contributed by atoms with Crippen LogP contribution >= 0.6 is 0 Å². The first-order chi connectivity index (χ1) is 17.8. The number of nitrogens with one attached hydrogen (secondary N) is 2. The van der Waals surface area contributed by atoms with Gasteiger partial charge in [-0.05, 0) is 35.9 Å². The van der Waals surface area contributed by atoms with Gasteiger partial charge in [0.1, 0.15) is 21.8 Å². The van der Waals surface area contributed by atoms with Crippen LogP contribution in [0.2, 0.25) is 0 Å². The second-order valence-electron chi connectivity index (χ2n) is 7.71. The number of benzene rings is 2. The summed E-state index contributed by atoms with van der Waals surface area (Å²) in [5.41, 5.74) is 2.21. The molecule has 2 N–H and O–H groups in total. The third-order valence-corrected chi connectivity index (χ3v) is 6.68. The zero-order valence-electron chi connectivity index (χ0n) is 20.1. The number of ether oxygens (including phenoxy) is 3. The third-order valence-electron chi connectivity index (χ3n) is 5.32. The summed E-state index contributed by atoms with van der Waals surface area (Å²) in [5, 5.41) is 11.1. The molecule has 2 aromatic carbocycles. The van der Waals surface area contributed by atoms with E-state index in [1.807, 2.05) is 0 Å². The molecule has 0 fully saturated rings. The molecule has 192 valence electrons. The number of sulfonamides is 1. The Hall–Kier alpha value is -4.70. The van der Waals surface area contributed by atoms with Crippen molar-refractivity contribution in [1.82, 2.24) is 20.3 Å². The first-order valence-electron chi connectivity index (χ1n) is 10.7. The molecule has 37 heavy (non-hydrogen) atoms. The molecule has 2 heterocycles. The predicted molar refractivity (Wildman–Crippen MR) is 133 cm³/mol. The number of amides is 1. The highest BCUT2D eigenvalue weighted by atomic mass is 32.2. The SMILES string of the molecule is C#Cc1ccc(OC)c(S(=O)(=O)Nc2noc3cc(Cn4cc(CNC(=O)OC)cn4)cc(OC)c23)c1. The Kier molecular flexibility index (Phi) is 7.21. The summed E-state index contributed by atoms with van der Waals surface area (Å²) in [5.74, 6) is 2.82. The van der Waals surface area contributed by atoms with Gasteiger partial charge < -0.3 is 24.1 Å². The second kappa shape index (κ2) is 10.5. The molecule has 4 aromatic rings. The van der Waals surface area contributed by atoms with Crippen LogP contribution in [0.5, 0.6) is 11.5 Å². The Morgan fingerprint density at radius 2 is 1.92 bits per heavy atom. The van der Waals surface area contributed by atoms with E-state index in [1.54, 1.807) is 35.3 Å². The van der Waals surface area contributed by atoms with Crippen molar-refractivity contribution in [3.8, 4) is 23.8 Å². The van der Waals surface area contributed by atoms with Crippen LogP contribution in [0.1, 0.15) is 16.7 Å². The number of aromatic nitrogens is 3. The van der Waals surface area contributed by atoms with E-state index in [0.717, 1.165) is 11.1 Å². The predicted octanol–water partition coefficient (Wildman–Crippen LogP) is 2.73. The van der Waals surface area contributed by atoms with Gasteiger partial charge in [-0.25, -0.2) is 13.2 Å². The summed E-state index contributed by atoms with van der Waals surface area (Å²) >= 11 is 0. The molecular formula is C24H23N5O7S. The van der Waals surface area contributed by atoms with Gasteiger partial charge in [0.25, 0.3) is 10.0 Å². The van der Waals surface area contributed by atoms with Crippen LogP contribution < -0.4 is 19.5 Å². The molecule has 12 nitrogen and oxygen atoms in total. The highest BCUT2D eigenvalue weighted by molar-refractivity contribution is 7.92. The van der Waals surface area contributed by atoms with Crippen LogP contribution in [0.3, 0.4) is 0 Å². The quantitative estimate of drug-likeness (QED) is 0.315. The van der Waals surface area contributed by atoms with Gasteiger partial charge in [-0.15, -0.1) is 6.42 Å². The Balaban J connectivity index is 1.61. The minimum Gasteiger partial charge on any atom is -0.496 e. The second-order valence-corrected chi connectivity index (χ2v) is 9.36. The zero-order chi connectivity index (χ0) is 26.6. The van der Waals surface area contributed by atoms with Crippen LogP contribution in [0.15, 0.2) is 52.1 Å². The summed E-state index contributed by atoms with van der Waals surface area (Å²) in [4.78, 5) is 11.1. The van der Waals surface area contributed by atoms with Crippen molar-refractivity contribution in [2.24, 2.45) is 0 Å². The molecule has 0 saturated heterocycles. The average molecular weight is 526 g/mol. The van der Waals surface area contributed by atoms with E-state index in [2.05, 4.69) is 31.0 Å². The topological polar surface area (TPSA) is 147 Å². The summed E-state index contributed by atoms with van der Waals surface area (Å²) in [6.07, 6.45) is 8.28. The largest absolute Gasteiger partial charge is 0.496 e. The molecule has 13 heteroatoms. The molecule has 2 aromatic heterocycles. The molecular weight excluding hydrogens is 502 g/mol. The van der Waals surface area contributed by atoms with Crippen LogP contribution in [0.25, 0.3) is 11.0 Å². The van der Waals surface area contributed by atoms with E-state index in [0.29, 0.717) is 28.8 Å². The highest BCUT2D eigenvalue weighted by Crippen LogP contribution is 2.36. The normalized spacial score (nSPS) is 11.1. The minimum absolute atomic E-state index is 0.0539.